The zero-order valence-electron chi connectivity index (χ0n) is 17.2. The Morgan fingerprint density at radius 3 is 2.69 bits per heavy atom. The second kappa shape index (κ2) is 8.26. The van der Waals surface area contributed by atoms with E-state index >= 15 is 0 Å². The van der Waals surface area contributed by atoms with Crippen molar-refractivity contribution in [1.82, 2.24) is 0 Å². The molecule has 1 saturated heterocycles. The van der Waals surface area contributed by atoms with Gasteiger partial charge in [0.1, 0.15) is 12.2 Å². The van der Waals surface area contributed by atoms with Crippen LogP contribution in [0.15, 0.2) is 23.8 Å². The number of aliphatic hydroxyl groups is 1. The van der Waals surface area contributed by atoms with Gasteiger partial charge in [0.25, 0.3) is 0 Å². The standard InChI is InChI=1S/C22H36O4/c1-15(2)18-10-9-16(3)8-7-12-22(6)20(26-22)19(25-17(4)23)14-21(5,24)13-11-18/h8,11,13,15,18-20,24H,7,9-10,12,14H2,1-6H3/b13-11+,16-8+/t18-,19-,20+,21-,22+/m1/s1. The van der Waals surface area contributed by atoms with Gasteiger partial charge >= 0.3 is 5.97 Å². The van der Waals surface area contributed by atoms with Gasteiger partial charge in [0.15, 0.2) is 0 Å². The highest BCUT2D eigenvalue weighted by Gasteiger charge is 2.57. The summed E-state index contributed by atoms with van der Waals surface area (Å²) in [7, 11) is 0. The highest BCUT2D eigenvalue weighted by Crippen LogP contribution is 2.45. The predicted octanol–water partition coefficient (Wildman–Crippen LogP) is 4.57. The molecule has 0 aromatic heterocycles. The fourth-order valence-electron chi connectivity index (χ4n) is 3.91. The molecule has 0 unspecified atom stereocenters. The van der Waals surface area contributed by atoms with Crippen molar-refractivity contribution in [1.29, 1.82) is 0 Å². The predicted molar refractivity (Wildman–Crippen MR) is 104 cm³/mol. The summed E-state index contributed by atoms with van der Waals surface area (Å²) in [4.78, 5) is 11.6. The van der Waals surface area contributed by atoms with Crippen molar-refractivity contribution in [3.8, 4) is 0 Å². The van der Waals surface area contributed by atoms with Crippen LogP contribution in [-0.4, -0.2) is 34.5 Å². The summed E-state index contributed by atoms with van der Waals surface area (Å²) in [6.45, 7) is 11.9. The summed E-state index contributed by atoms with van der Waals surface area (Å²) >= 11 is 0. The zero-order chi connectivity index (χ0) is 19.5. The molecule has 4 nitrogen and oxygen atoms in total. The molecule has 26 heavy (non-hydrogen) atoms. The number of epoxide rings is 1. The molecule has 1 fully saturated rings. The summed E-state index contributed by atoms with van der Waals surface area (Å²) in [5, 5.41) is 10.9. The van der Waals surface area contributed by atoms with Crippen molar-refractivity contribution in [3.05, 3.63) is 23.8 Å². The smallest absolute Gasteiger partial charge is 0.302 e. The molecule has 2 rings (SSSR count). The number of esters is 1. The van der Waals surface area contributed by atoms with Crippen LogP contribution >= 0.6 is 0 Å². The number of ether oxygens (including phenoxy) is 2. The highest BCUT2D eigenvalue weighted by molar-refractivity contribution is 5.66. The maximum atomic E-state index is 11.6. The molecule has 0 radical (unpaired) electrons. The van der Waals surface area contributed by atoms with E-state index in [9.17, 15) is 9.90 Å². The van der Waals surface area contributed by atoms with Crippen molar-refractivity contribution in [2.75, 3.05) is 0 Å². The van der Waals surface area contributed by atoms with Gasteiger partial charge in [0, 0.05) is 13.3 Å². The number of hydrogen-bond acceptors (Lipinski definition) is 4. The Hall–Kier alpha value is -1.13. The second-order valence-corrected chi connectivity index (χ2v) is 8.96. The highest BCUT2D eigenvalue weighted by atomic mass is 16.6. The van der Waals surface area contributed by atoms with Crippen molar-refractivity contribution in [2.24, 2.45) is 11.8 Å². The quantitative estimate of drug-likeness (QED) is 0.443. The van der Waals surface area contributed by atoms with E-state index in [2.05, 4.69) is 39.8 Å². The lowest BCUT2D eigenvalue weighted by molar-refractivity contribution is -0.149. The van der Waals surface area contributed by atoms with Crippen LogP contribution in [0.5, 0.6) is 0 Å². The van der Waals surface area contributed by atoms with Crippen molar-refractivity contribution in [2.45, 2.75) is 97.1 Å². The molecule has 0 amide bonds. The zero-order valence-corrected chi connectivity index (χ0v) is 17.2. The first kappa shape index (κ1) is 21.2. The first-order chi connectivity index (χ1) is 12.0. The Kier molecular flexibility index (Phi) is 6.73. The molecule has 0 saturated carbocycles. The first-order valence-corrected chi connectivity index (χ1v) is 9.95. The summed E-state index contributed by atoms with van der Waals surface area (Å²) < 4.78 is 11.5. The fourth-order valence-corrected chi connectivity index (χ4v) is 3.91. The lowest BCUT2D eigenvalue weighted by Gasteiger charge is -2.27. The number of carbonyl (C=O) groups is 1. The largest absolute Gasteiger partial charge is 0.460 e. The Labute approximate surface area is 158 Å². The van der Waals surface area contributed by atoms with Gasteiger partial charge in [-0.25, -0.2) is 0 Å². The number of rotatable bonds is 2. The molecule has 0 aromatic carbocycles. The maximum Gasteiger partial charge on any atom is 0.302 e. The van der Waals surface area contributed by atoms with Crippen LogP contribution in [-0.2, 0) is 14.3 Å². The number of allylic oxidation sites excluding steroid dienone is 3. The van der Waals surface area contributed by atoms with Gasteiger partial charge in [-0.15, -0.1) is 0 Å². The molecule has 148 valence electrons. The number of carbonyl (C=O) groups excluding carboxylic acids is 1. The Balaban J connectivity index is 2.25. The third-order valence-corrected chi connectivity index (χ3v) is 5.77. The molecule has 1 heterocycles. The van der Waals surface area contributed by atoms with Gasteiger partial charge in [-0.3, -0.25) is 4.79 Å². The molecule has 5 atom stereocenters. The van der Waals surface area contributed by atoms with E-state index < -0.39 is 11.7 Å². The Bertz CT molecular complexity index is 560. The van der Waals surface area contributed by atoms with Gasteiger partial charge in [0.05, 0.1) is 11.2 Å². The normalized spacial score (nSPS) is 42.2. The molecular weight excluding hydrogens is 328 g/mol. The van der Waals surface area contributed by atoms with E-state index in [0.29, 0.717) is 18.3 Å². The van der Waals surface area contributed by atoms with E-state index in [4.69, 9.17) is 9.47 Å². The SMILES string of the molecule is CC(=O)O[C@@H]1C[C@](C)(O)/C=C/[C@H](C(C)C)CC/C(C)=C/CC[C@]2(C)O[C@@H]12. The molecule has 0 spiro atoms. The summed E-state index contributed by atoms with van der Waals surface area (Å²) in [6, 6.07) is 0. The van der Waals surface area contributed by atoms with Gasteiger partial charge in [0.2, 0.25) is 0 Å². The van der Waals surface area contributed by atoms with Crippen LogP contribution in [0.1, 0.15) is 73.6 Å². The molecule has 2 aliphatic rings. The van der Waals surface area contributed by atoms with E-state index in [-0.39, 0.29) is 17.7 Å². The molecule has 1 N–H and O–H groups in total. The minimum absolute atomic E-state index is 0.149. The fraction of sp³-hybridized carbons (Fsp3) is 0.773. The van der Waals surface area contributed by atoms with Crippen molar-refractivity contribution < 1.29 is 19.4 Å². The average molecular weight is 365 g/mol. The summed E-state index contributed by atoms with van der Waals surface area (Å²) in [6.07, 6.45) is 10.1. The van der Waals surface area contributed by atoms with Crippen LogP contribution in [0.4, 0.5) is 0 Å². The van der Waals surface area contributed by atoms with Gasteiger partial charge in [-0.05, 0) is 58.3 Å². The Morgan fingerprint density at radius 1 is 1.38 bits per heavy atom. The second-order valence-electron chi connectivity index (χ2n) is 8.96. The average Bonchev–Trinajstić information content (AvgIpc) is 3.16. The Morgan fingerprint density at radius 2 is 2.08 bits per heavy atom. The van der Waals surface area contributed by atoms with Crippen molar-refractivity contribution >= 4 is 5.97 Å². The maximum absolute atomic E-state index is 11.6. The molecule has 1 aliphatic heterocycles. The van der Waals surface area contributed by atoms with Crippen LogP contribution < -0.4 is 0 Å². The van der Waals surface area contributed by atoms with Crippen LogP contribution in [0.2, 0.25) is 0 Å². The third-order valence-electron chi connectivity index (χ3n) is 5.77. The lowest BCUT2D eigenvalue weighted by atomic mass is 9.85. The minimum atomic E-state index is -1.03. The molecule has 1 aliphatic carbocycles. The molecule has 0 aromatic rings. The van der Waals surface area contributed by atoms with E-state index in [1.165, 1.54) is 12.5 Å². The number of hydrogen-bond donors (Lipinski definition) is 1. The molecule has 4 heteroatoms. The third kappa shape index (κ3) is 5.95. The minimum Gasteiger partial charge on any atom is -0.460 e. The first-order valence-electron chi connectivity index (χ1n) is 9.95. The summed E-state index contributed by atoms with van der Waals surface area (Å²) in [5.41, 5.74) is 0.0985. The molecule has 0 bridgehead atoms. The van der Waals surface area contributed by atoms with Crippen LogP contribution in [0, 0.1) is 11.8 Å². The van der Waals surface area contributed by atoms with Crippen LogP contribution in [0.3, 0.4) is 0 Å². The summed E-state index contributed by atoms with van der Waals surface area (Å²) in [5.74, 6) is 0.606. The van der Waals surface area contributed by atoms with Crippen molar-refractivity contribution in [3.63, 3.8) is 0 Å². The number of fused-ring (bicyclic) bond motifs is 1. The molecular formula is C22H36O4. The van der Waals surface area contributed by atoms with E-state index in [1.54, 1.807) is 6.92 Å². The topological polar surface area (TPSA) is 59.1 Å². The van der Waals surface area contributed by atoms with Gasteiger partial charge < -0.3 is 14.6 Å². The monoisotopic (exact) mass is 364 g/mol. The van der Waals surface area contributed by atoms with E-state index in [1.807, 2.05) is 6.08 Å². The van der Waals surface area contributed by atoms with Gasteiger partial charge in [-0.2, -0.15) is 0 Å². The lowest BCUT2D eigenvalue weighted by Crippen LogP contribution is -2.36. The van der Waals surface area contributed by atoms with Crippen LogP contribution in [0.25, 0.3) is 0 Å². The van der Waals surface area contributed by atoms with E-state index in [0.717, 1.165) is 25.7 Å². The van der Waals surface area contributed by atoms with Gasteiger partial charge in [-0.1, -0.05) is 37.6 Å².